The van der Waals surface area contributed by atoms with Gasteiger partial charge in [0.1, 0.15) is 12.4 Å². The lowest BCUT2D eigenvalue weighted by Gasteiger charge is -2.19. The minimum absolute atomic E-state index is 0. The van der Waals surface area contributed by atoms with Gasteiger partial charge in [0.25, 0.3) is 0 Å². The lowest BCUT2D eigenvalue weighted by Crippen LogP contribution is -2.05. The van der Waals surface area contributed by atoms with Crippen LogP contribution in [0.2, 0.25) is 0 Å². The molecule has 1 aromatic carbocycles. The van der Waals surface area contributed by atoms with Crippen LogP contribution in [0.15, 0.2) is 42.7 Å². The lowest BCUT2D eigenvalue weighted by atomic mass is 10.00. The first-order valence-electron chi connectivity index (χ1n) is 4.60. The number of nitrogens with zero attached hydrogens (tertiary/aromatic N) is 1. The van der Waals surface area contributed by atoms with E-state index in [0.29, 0.717) is 6.61 Å². The van der Waals surface area contributed by atoms with Gasteiger partial charge >= 0.3 is 0 Å². The topological polar surface area (TPSA) is 22.1 Å². The third-order valence-corrected chi connectivity index (χ3v) is 2.47. The molecule has 2 aromatic rings. The Morgan fingerprint density at radius 3 is 2.69 bits per heavy atom. The highest BCUT2D eigenvalue weighted by Crippen LogP contribution is 2.36. The average molecular weight is 256 g/mol. The second-order valence-electron chi connectivity index (χ2n) is 3.32. The number of pyridine rings is 1. The van der Waals surface area contributed by atoms with Crippen LogP contribution in [0.3, 0.4) is 0 Å². The van der Waals surface area contributed by atoms with Crippen molar-refractivity contribution in [3.8, 4) is 16.9 Å². The standard InChI is InChI=1S/C12H9NO.2ClH/c1-2-4-12-10(3-1)11-7-13-6-5-9(11)8-14-12;;/h1-7H,8H2;2*1H. The molecule has 0 bridgehead atoms. The third-order valence-electron chi connectivity index (χ3n) is 2.47. The maximum Gasteiger partial charge on any atom is 0.127 e. The van der Waals surface area contributed by atoms with E-state index in [0.717, 1.165) is 11.3 Å². The van der Waals surface area contributed by atoms with Gasteiger partial charge in [-0.2, -0.15) is 0 Å². The molecule has 0 saturated heterocycles. The fourth-order valence-electron chi connectivity index (χ4n) is 1.76. The van der Waals surface area contributed by atoms with Crippen molar-refractivity contribution in [2.24, 2.45) is 0 Å². The zero-order chi connectivity index (χ0) is 9.38. The molecule has 0 unspecified atom stereocenters. The van der Waals surface area contributed by atoms with Crippen molar-refractivity contribution < 1.29 is 4.74 Å². The molecule has 1 aromatic heterocycles. The summed E-state index contributed by atoms with van der Waals surface area (Å²) < 4.78 is 5.62. The maximum atomic E-state index is 5.62. The van der Waals surface area contributed by atoms with E-state index in [-0.39, 0.29) is 24.8 Å². The van der Waals surface area contributed by atoms with E-state index >= 15 is 0 Å². The van der Waals surface area contributed by atoms with Gasteiger partial charge in [-0.05, 0) is 12.1 Å². The summed E-state index contributed by atoms with van der Waals surface area (Å²) in [6, 6.07) is 10.1. The highest BCUT2D eigenvalue weighted by Gasteiger charge is 2.15. The van der Waals surface area contributed by atoms with E-state index in [2.05, 4.69) is 11.1 Å². The fraction of sp³-hybridized carbons (Fsp3) is 0.0833. The number of hydrogen-bond acceptors (Lipinski definition) is 2. The number of benzene rings is 1. The Hall–Kier alpha value is -1.25. The molecule has 1 aliphatic rings. The van der Waals surface area contributed by atoms with Crippen LogP contribution in [0.1, 0.15) is 5.56 Å². The monoisotopic (exact) mass is 255 g/mol. The van der Waals surface area contributed by atoms with E-state index in [9.17, 15) is 0 Å². The molecule has 0 fully saturated rings. The number of halogens is 2. The minimum atomic E-state index is 0. The average Bonchev–Trinajstić information content (AvgIpc) is 2.29. The Bertz CT molecular complexity index is 442. The fourth-order valence-corrected chi connectivity index (χ4v) is 1.76. The SMILES string of the molecule is Cl.Cl.c1ccc2c(c1)OCc1ccncc1-2. The van der Waals surface area contributed by atoms with Crippen LogP contribution < -0.4 is 4.74 Å². The number of hydrogen-bond donors (Lipinski definition) is 0. The smallest absolute Gasteiger partial charge is 0.127 e. The predicted octanol–water partition coefficient (Wildman–Crippen LogP) is 3.48. The number of ether oxygens (including phenoxy) is 1. The quantitative estimate of drug-likeness (QED) is 0.719. The number of aromatic nitrogens is 1. The molecule has 0 aliphatic carbocycles. The van der Waals surface area contributed by atoms with Gasteiger partial charge in [-0.3, -0.25) is 4.98 Å². The van der Waals surface area contributed by atoms with Gasteiger partial charge in [0.15, 0.2) is 0 Å². The van der Waals surface area contributed by atoms with E-state index in [1.807, 2.05) is 30.5 Å². The maximum absolute atomic E-state index is 5.62. The molecule has 0 N–H and O–H groups in total. The van der Waals surface area contributed by atoms with Crippen LogP contribution in [0, 0.1) is 0 Å². The van der Waals surface area contributed by atoms with Crippen molar-refractivity contribution >= 4 is 24.8 Å². The molecule has 0 spiro atoms. The molecule has 16 heavy (non-hydrogen) atoms. The van der Waals surface area contributed by atoms with Crippen LogP contribution in [0.25, 0.3) is 11.1 Å². The molecule has 2 nitrogen and oxygen atoms in total. The Kier molecular flexibility index (Phi) is 4.16. The lowest BCUT2D eigenvalue weighted by molar-refractivity contribution is 0.302. The molecule has 2 heterocycles. The molecule has 0 saturated carbocycles. The van der Waals surface area contributed by atoms with Crippen molar-refractivity contribution in [3.63, 3.8) is 0 Å². The zero-order valence-corrected chi connectivity index (χ0v) is 10.1. The second-order valence-corrected chi connectivity index (χ2v) is 3.32. The molecular weight excluding hydrogens is 245 g/mol. The van der Waals surface area contributed by atoms with Crippen LogP contribution >= 0.6 is 24.8 Å². The van der Waals surface area contributed by atoms with Gasteiger partial charge in [-0.25, -0.2) is 0 Å². The molecule has 84 valence electrons. The van der Waals surface area contributed by atoms with Crippen LogP contribution in [-0.4, -0.2) is 4.98 Å². The van der Waals surface area contributed by atoms with Gasteiger partial charge in [0.2, 0.25) is 0 Å². The van der Waals surface area contributed by atoms with Crippen molar-refractivity contribution in [1.82, 2.24) is 4.98 Å². The highest BCUT2D eigenvalue weighted by molar-refractivity contribution is 5.85. The van der Waals surface area contributed by atoms with Gasteiger partial charge in [0.05, 0.1) is 0 Å². The van der Waals surface area contributed by atoms with E-state index < -0.39 is 0 Å². The molecule has 1 aliphatic heterocycles. The molecule has 0 atom stereocenters. The van der Waals surface area contributed by atoms with Crippen LogP contribution in [0.5, 0.6) is 5.75 Å². The second kappa shape index (κ2) is 5.19. The first-order valence-corrected chi connectivity index (χ1v) is 4.60. The van der Waals surface area contributed by atoms with E-state index in [1.54, 1.807) is 6.20 Å². The summed E-state index contributed by atoms with van der Waals surface area (Å²) in [5.74, 6) is 0.952. The van der Waals surface area contributed by atoms with Gasteiger partial charge in [-0.1, -0.05) is 18.2 Å². The molecular formula is C12H11Cl2NO. The third kappa shape index (κ3) is 1.99. The van der Waals surface area contributed by atoms with Gasteiger partial charge < -0.3 is 4.74 Å². The molecule has 0 radical (unpaired) electrons. The van der Waals surface area contributed by atoms with E-state index in [4.69, 9.17) is 4.74 Å². The molecule has 3 rings (SSSR count). The Balaban J connectivity index is 0.000000640. The van der Waals surface area contributed by atoms with Crippen LogP contribution in [-0.2, 0) is 6.61 Å². The summed E-state index contributed by atoms with van der Waals surface area (Å²) in [4.78, 5) is 4.14. The number of fused-ring (bicyclic) bond motifs is 3. The van der Waals surface area contributed by atoms with E-state index in [1.165, 1.54) is 11.1 Å². The normalized spacial score (nSPS) is 11.0. The summed E-state index contributed by atoms with van der Waals surface area (Å²) in [5, 5.41) is 0. The van der Waals surface area contributed by atoms with Crippen LogP contribution in [0.4, 0.5) is 0 Å². The summed E-state index contributed by atoms with van der Waals surface area (Å²) in [6.45, 7) is 0.648. The summed E-state index contributed by atoms with van der Waals surface area (Å²) >= 11 is 0. The molecule has 4 heteroatoms. The first kappa shape index (κ1) is 12.8. The summed E-state index contributed by atoms with van der Waals surface area (Å²) in [5.41, 5.74) is 3.54. The summed E-state index contributed by atoms with van der Waals surface area (Å²) in [6.07, 6.45) is 3.70. The van der Waals surface area contributed by atoms with Gasteiger partial charge in [0, 0.05) is 29.1 Å². The number of rotatable bonds is 0. The first-order chi connectivity index (χ1) is 6.95. The molecule has 0 amide bonds. The van der Waals surface area contributed by atoms with Gasteiger partial charge in [-0.15, -0.1) is 24.8 Å². The Morgan fingerprint density at radius 2 is 1.81 bits per heavy atom. The predicted molar refractivity (Wildman–Crippen MR) is 68.5 cm³/mol. The van der Waals surface area contributed by atoms with Crippen molar-refractivity contribution in [2.75, 3.05) is 0 Å². The minimum Gasteiger partial charge on any atom is -0.488 e. The summed E-state index contributed by atoms with van der Waals surface area (Å²) in [7, 11) is 0. The zero-order valence-electron chi connectivity index (χ0n) is 8.42. The Labute approximate surface area is 106 Å². The largest absolute Gasteiger partial charge is 0.488 e. The Morgan fingerprint density at radius 1 is 1.00 bits per heavy atom. The number of para-hydroxylation sites is 1. The van der Waals surface area contributed by atoms with Crippen molar-refractivity contribution in [3.05, 3.63) is 48.3 Å². The van der Waals surface area contributed by atoms with Crippen molar-refractivity contribution in [2.45, 2.75) is 6.61 Å². The van der Waals surface area contributed by atoms with Crippen molar-refractivity contribution in [1.29, 1.82) is 0 Å². The highest BCUT2D eigenvalue weighted by atomic mass is 35.5.